The van der Waals surface area contributed by atoms with Crippen LogP contribution in [-0.2, 0) is 0 Å². The van der Waals surface area contributed by atoms with Gasteiger partial charge in [-0.05, 0) is 78.9 Å². The van der Waals surface area contributed by atoms with E-state index in [1.165, 1.54) is 48.6 Å². The number of para-hydroxylation sites is 4. The minimum Gasteiger partial charge on any atom is -0.309 e. The summed E-state index contributed by atoms with van der Waals surface area (Å²) in [4.78, 5) is 10.6. The highest BCUT2D eigenvalue weighted by Crippen LogP contribution is 2.45. The first-order chi connectivity index (χ1) is 34.8. The van der Waals surface area contributed by atoms with Crippen molar-refractivity contribution in [3.05, 3.63) is 243 Å². The van der Waals surface area contributed by atoms with Crippen molar-refractivity contribution < 1.29 is 0 Å². The predicted octanol–water partition coefficient (Wildman–Crippen LogP) is 16.2. The zero-order valence-corrected chi connectivity index (χ0v) is 37.8. The molecule has 6 heterocycles. The molecular weight excluding hydrogens is 853 g/mol. The van der Waals surface area contributed by atoms with E-state index in [0.717, 1.165) is 84.1 Å². The summed E-state index contributed by atoms with van der Waals surface area (Å²) in [6, 6.07) is 87.1. The summed E-state index contributed by atoms with van der Waals surface area (Å²) in [5, 5.41) is 9.57. The summed E-state index contributed by atoms with van der Waals surface area (Å²) in [7, 11) is 0. The topological polar surface area (TPSA) is 45.5 Å². The van der Waals surface area contributed by atoms with Gasteiger partial charge in [-0.1, -0.05) is 164 Å². The third-order valence-corrected chi connectivity index (χ3v) is 14.4. The van der Waals surface area contributed by atoms with Crippen LogP contribution >= 0.6 is 0 Å². The highest BCUT2D eigenvalue weighted by atomic mass is 15.1. The Balaban J connectivity index is 0.985. The van der Waals surface area contributed by atoms with Crippen molar-refractivity contribution in [2.45, 2.75) is 0 Å². The van der Waals surface area contributed by atoms with Gasteiger partial charge in [0, 0.05) is 65.6 Å². The molecule has 70 heavy (non-hydrogen) atoms. The summed E-state index contributed by atoms with van der Waals surface area (Å²) >= 11 is 0. The maximum absolute atomic E-state index is 5.35. The average Bonchev–Trinajstić information content (AvgIpc) is 4.17. The fraction of sp³-hybridized carbons (Fsp3) is 0. The van der Waals surface area contributed by atoms with E-state index in [-0.39, 0.29) is 0 Å². The van der Waals surface area contributed by atoms with Gasteiger partial charge < -0.3 is 9.13 Å². The number of nitrogens with zero attached hydrogens (tertiary/aromatic N) is 6. The first-order valence-electron chi connectivity index (χ1n) is 23.8. The van der Waals surface area contributed by atoms with E-state index >= 15 is 0 Å². The SMILES string of the molecule is c1ccc(-c2cccc(-n3c4ccccc4c4c3ccc3c5ccccc5n(-c5cccc(-n6c7ccccc7c7c6ccc6c8ccccc8n(-c8cccc(-c9ccccc9)n8)c67)c5)c34)n2)cc1. The molecule has 0 aliphatic heterocycles. The van der Waals surface area contributed by atoms with Gasteiger partial charge in [-0.15, -0.1) is 0 Å². The third-order valence-electron chi connectivity index (χ3n) is 14.4. The van der Waals surface area contributed by atoms with Gasteiger partial charge in [0.05, 0.1) is 55.5 Å². The second-order valence-electron chi connectivity index (χ2n) is 18.1. The second kappa shape index (κ2) is 15.0. The van der Waals surface area contributed by atoms with Crippen molar-refractivity contribution in [1.29, 1.82) is 0 Å². The van der Waals surface area contributed by atoms with Crippen molar-refractivity contribution in [3.8, 4) is 45.5 Å². The van der Waals surface area contributed by atoms with E-state index < -0.39 is 0 Å². The molecule has 0 atom stereocenters. The van der Waals surface area contributed by atoms with Gasteiger partial charge >= 0.3 is 0 Å². The van der Waals surface area contributed by atoms with E-state index in [4.69, 9.17) is 9.97 Å². The summed E-state index contributed by atoms with van der Waals surface area (Å²) in [6.45, 7) is 0. The molecule has 0 N–H and O–H groups in total. The number of rotatable bonds is 6. The molecule has 0 spiro atoms. The Hall–Kier alpha value is -9.52. The van der Waals surface area contributed by atoms with Crippen LogP contribution in [0.25, 0.3) is 133 Å². The van der Waals surface area contributed by atoms with E-state index in [0.29, 0.717) is 0 Å². The second-order valence-corrected chi connectivity index (χ2v) is 18.1. The zero-order valence-electron chi connectivity index (χ0n) is 37.8. The van der Waals surface area contributed by atoms with Gasteiger partial charge in [-0.2, -0.15) is 0 Å². The Morgan fingerprint density at radius 3 is 1.20 bits per heavy atom. The molecule has 0 saturated carbocycles. The van der Waals surface area contributed by atoms with Crippen LogP contribution < -0.4 is 0 Å². The van der Waals surface area contributed by atoms with Crippen LogP contribution in [0.2, 0.25) is 0 Å². The van der Waals surface area contributed by atoms with Gasteiger partial charge in [0.25, 0.3) is 0 Å². The lowest BCUT2D eigenvalue weighted by Gasteiger charge is -2.14. The van der Waals surface area contributed by atoms with Crippen molar-refractivity contribution in [3.63, 3.8) is 0 Å². The quantitative estimate of drug-likeness (QED) is 0.167. The van der Waals surface area contributed by atoms with Gasteiger partial charge in [0.15, 0.2) is 0 Å². The number of fused-ring (bicyclic) bond motifs is 14. The molecule has 15 aromatic rings. The molecule has 0 amide bonds. The maximum Gasteiger partial charge on any atom is 0.138 e. The summed E-state index contributed by atoms with van der Waals surface area (Å²) in [5.74, 6) is 1.77. The Labute approximate surface area is 401 Å². The van der Waals surface area contributed by atoms with Crippen molar-refractivity contribution in [2.24, 2.45) is 0 Å². The first-order valence-corrected chi connectivity index (χ1v) is 23.8. The van der Waals surface area contributed by atoms with Gasteiger partial charge in [-0.25, -0.2) is 9.97 Å². The van der Waals surface area contributed by atoms with Crippen LogP contribution in [0.15, 0.2) is 243 Å². The standard InChI is InChI=1S/C64H40N6/c1-3-18-41(19-4-1)51-28-16-34-59(65-51)69-56-33-14-10-27-50(56)62-58(69)39-37-47-45-24-7-11-30-53(45)68(63(47)62)44-23-15-22-43(40-44)67-55-32-13-9-26-49(55)61-57(67)38-36-48-46-25-8-12-31-54(46)70(64(48)61)60-35-17-29-52(66-60)42-20-5-2-6-21-42/h1-40H. The molecule has 0 saturated heterocycles. The Kier molecular flexibility index (Phi) is 8.26. The fourth-order valence-corrected chi connectivity index (χ4v) is 11.5. The molecule has 6 aromatic heterocycles. The normalized spacial score (nSPS) is 12.0. The van der Waals surface area contributed by atoms with E-state index in [2.05, 4.69) is 255 Å². The number of benzene rings is 9. The molecule has 6 nitrogen and oxygen atoms in total. The van der Waals surface area contributed by atoms with Crippen LogP contribution in [0.1, 0.15) is 0 Å². The van der Waals surface area contributed by atoms with Crippen LogP contribution in [0.4, 0.5) is 0 Å². The van der Waals surface area contributed by atoms with Gasteiger partial charge in [0.1, 0.15) is 11.6 Å². The minimum absolute atomic E-state index is 0.885. The molecule has 9 aromatic carbocycles. The van der Waals surface area contributed by atoms with Crippen LogP contribution in [0.3, 0.4) is 0 Å². The van der Waals surface area contributed by atoms with E-state index in [9.17, 15) is 0 Å². The summed E-state index contributed by atoms with van der Waals surface area (Å²) < 4.78 is 9.64. The Morgan fingerprint density at radius 1 is 0.243 bits per heavy atom. The van der Waals surface area contributed by atoms with Crippen LogP contribution in [0, 0.1) is 0 Å². The Bertz CT molecular complexity index is 4590. The lowest BCUT2D eigenvalue weighted by atomic mass is 10.1. The van der Waals surface area contributed by atoms with Gasteiger partial charge in [-0.3, -0.25) is 9.13 Å². The fourth-order valence-electron chi connectivity index (χ4n) is 11.5. The Morgan fingerprint density at radius 2 is 0.643 bits per heavy atom. The molecular formula is C64H40N6. The van der Waals surface area contributed by atoms with Crippen molar-refractivity contribution >= 4 is 87.2 Å². The molecule has 0 unspecified atom stereocenters. The molecule has 0 aliphatic rings. The highest BCUT2D eigenvalue weighted by Gasteiger charge is 2.24. The number of aromatic nitrogens is 6. The summed E-state index contributed by atoms with van der Waals surface area (Å²) in [6.07, 6.45) is 0. The monoisotopic (exact) mass is 892 g/mol. The average molecular weight is 893 g/mol. The molecule has 15 rings (SSSR count). The van der Waals surface area contributed by atoms with E-state index in [1.807, 2.05) is 6.07 Å². The minimum atomic E-state index is 0.885. The highest BCUT2D eigenvalue weighted by molar-refractivity contribution is 6.27. The first kappa shape index (κ1) is 38.6. The summed E-state index contributed by atoms with van der Waals surface area (Å²) in [5.41, 5.74) is 15.3. The van der Waals surface area contributed by atoms with Crippen molar-refractivity contribution in [2.75, 3.05) is 0 Å². The molecule has 6 heteroatoms. The van der Waals surface area contributed by atoms with E-state index in [1.54, 1.807) is 0 Å². The number of hydrogen-bond donors (Lipinski definition) is 0. The van der Waals surface area contributed by atoms with Crippen LogP contribution in [-0.4, -0.2) is 28.2 Å². The molecule has 0 bridgehead atoms. The lowest BCUT2D eigenvalue weighted by Crippen LogP contribution is -2.00. The smallest absolute Gasteiger partial charge is 0.138 e. The molecule has 0 aliphatic carbocycles. The zero-order chi connectivity index (χ0) is 45.9. The number of hydrogen-bond acceptors (Lipinski definition) is 2. The lowest BCUT2D eigenvalue weighted by molar-refractivity contribution is 1.08. The van der Waals surface area contributed by atoms with Crippen LogP contribution in [0.5, 0.6) is 0 Å². The molecule has 0 fully saturated rings. The van der Waals surface area contributed by atoms with Crippen molar-refractivity contribution in [1.82, 2.24) is 28.2 Å². The van der Waals surface area contributed by atoms with Gasteiger partial charge in [0.2, 0.25) is 0 Å². The number of pyridine rings is 2. The largest absolute Gasteiger partial charge is 0.309 e. The maximum atomic E-state index is 5.35. The predicted molar refractivity (Wildman–Crippen MR) is 290 cm³/mol. The molecule has 326 valence electrons. The molecule has 0 radical (unpaired) electrons. The third kappa shape index (κ3) is 5.56.